The van der Waals surface area contributed by atoms with Crippen LogP contribution in [0.2, 0.25) is 0 Å². The maximum Gasteiger partial charge on any atom is 0.306 e. The molecule has 1 fully saturated rings. The predicted octanol–water partition coefficient (Wildman–Crippen LogP) is 13.1. The molecule has 1 aromatic rings. The number of benzene rings is 1. The molecule has 47 heavy (non-hydrogen) atoms. The molecule has 1 saturated carbocycles. The number of aryl methyl sites for hydroxylation is 1. The van der Waals surface area contributed by atoms with Crippen LogP contribution in [-0.4, -0.2) is 25.0 Å². The molecule has 4 nitrogen and oxygen atoms in total. The molecule has 4 heteroatoms. The second-order valence-corrected chi connectivity index (χ2v) is 16.6. The molecule has 272 valence electrons. The smallest absolute Gasteiger partial charge is 0.306 e. The van der Waals surface area contributed by atoms with Crippen molar-refractivity contribution in [2.45, 2.75) is 226 Å². The number of esters is 1. The highest BCUT2D eigenvalue weighted by Gasteiger charge is 2.30. The molecule has 0 N–H and O–H groups in total. The average molecular weight is 657 g/mol. The van der Waals surface area contributed by atoms with E-state index in [2.05, 4.69) is 60.6 Å². The van der Waals surface area contributed by atoms with Crippen molar-refractivity contribution in [3.8, 4) is 5.75 Å². The lowest BCUT2D eigenvalue weighted by atomic mass is 9.78. The Morgan fingerprint density at radius 1 is 0.702 bits per heavy atom. The number of ether oxygens (including phenoxy) is 3. The number of hydrogen-bond acceptors (Lipinski definition) is 4. The topological polar surface area (TPSA) is 44.8 Å². The average Bonchev–Trinajstić information content (AvgIpc) is 3.01. The Morgan fingerprint density at radius 3 is 1.60 bits per heavy atom. The Balaban J connectivity index is 1.71. The molecule has 1 aliphatic rings. The Hall–Kier alpha value is -1.55. The molecule has 1 atom stereocenters. The lowest BCUT2D eigenvalue weighted by molar-refractivity contribution is -0.143. The maximum absolute atomic E-state index is 12.7. The van der Waals surface area contributed by atoms with Gasteiger partial charge in [0.2, 0.25) is 0 Å². The van der Waals surface area contributed by atoms with Gasteiger partial charge in [-0.05, 0) is 49.0 Å². The van der Waals surface area contributed by atoms with Gasteiger partial charge in [-0.1, -0.05) is 176 Å². The lowest BCUT2D eigenvalue weighted by Crippen LogP contribution is -2.29. The van der Waals surface area contributed by atoms with Crippen molar-refractivity contribution in [1.29, 1.82) is 0 Å². The van der Waals surface area contributed by atoms with Crippen LogP contribution in [0.5, 0.6) is 5.75 Å². The van der Waals surface area contributed by atoms with Crippen LogP contribution < -0.4 is 4.74 Å². The highest BCUT2D eigenvalue weighted by Crippen LogP contribution is 2.42. The van der Waals surface area contributed by atoms with Crippen molar-refractivity contribution in [3.63, 3.8) is 0 Å². The normalized spacial score (nSPS) is 15.1. The van der Waals surface area contributed by atoms with E-state index >= 15 is 0 Å². The van der Waals surface area contributed by atoms with E-state index in [0.717, 1.165) is 31.4 Å². The molecule has 0 aromatic heterocycles. The van der Waals surface area contributed by atoms with Gasteiger partial charge in [-0.25, -0.2) is 0 Å². The van der Waals surface area contributed by atoms with Crippen molar-refractivity contribution < 1.29 is 19.0 Å². The van der Waals surface area contributed by atoms with Crippen LogP contribution in [0.3, 0.4) is 0 Å². The first-order valence-electron chi connectivity index (χ1n) is 20.1. The molecular weight excluding hydrogens is 580 g/mol. The summed E-state index contributed by atoms with van der Waals surface area (Å²) in [6.07, 6.45) is 28.7. The molecule has 0 saturated heterocycles. The van der Waals surface area contributed by atoms with Crippen LogP contribution in [0.25, 0.3) is 0 Å². The number of unbranched alkanes of at least 4 members (excludes halogenated alkanes) is 15. The van der Waals surface area contributed by atoms with E-state index in [-0.39, 0.29) is 23.1 Å². The van der Waals surface area contributed by atoms with E-state index in [1.54, 1.807) is 0 Å². The molecule has 0 spiro atoms. The largest absolute Gasteiger partial charge is 0.466 e. The quantitative estimate of drug-likeness (QED) is 0.0631. The molecule has 0 bridgehead atoms. The third kappa shape index (κ3) is 18.1. The summed E-state index contributed by atoms with van der Waals surface area (Å²) in [6.45, 7) is 18.3. The third-order valence-corrected chi connectivity index (χ3v) is 9.86. The predicted molar refractivity (Wildman–Crippen MR) is 201 cm³/mol. The molecule has 0 amide bonds. The van der Waals surface area contributed by atoms with Gasteiger partial charge >= 0.3 is 5.97 Å². The first kappa shape index (κ1) is 41.6. The monoisotopic (exact) mass is 657 g/mol. The lowest BCUT2D eigenvalue weighted by Gasteiger charge is -2.33. The number of carbonyl (C=O) groups excluding carboxylic acids is 1. The minimum Gasteiger partial charge on any atom is -0.466 e. The van der Waals surface area contributed by atoms with E-state index in [1.165, 1.54) is 126 Å². The second kappa shape index (κ2) is 23.0. The minimum absolute atomic E-state index is 0.0876. The van der Waals surface area contributed by atoms with Gasteiger partial charge in [0.05, 0.1) is 12.7 Å². The zero-order valence-electron chi connectivity index (χ0n) is 32.4. The summed E-state index contributed by atoms with van der Waals surface area (Å²) < 4.78 is 18.7. The van der Waals surface area contributed by atoms with Crippen molar-refractivity contribution in [2.75, 3.05) is 6.61 Å². The van der Waals surface area contributed by atoms with Gasteiger partial charge in [0.25, 0.3) is 0 Å². The minimum atomic E-state index is -0.300. The fraction of sp³-hybridized carbons (Fsp3) is 0.837. The van der Waals surface area contributed by atoms with E-state index < -0.39 is 0 Å². The third-order valence-electron chi connectivity index (χ3n) is 9.86. The van der Waals surface area contributed by atoms with Crippen molar-refractivity contribution in [2.24, 2.45) is 0 Å². The van der Waals surface area contributed by atoms with Crippen molar-refractivity contribution in [3.05, 3.63) is 28.8 Å². The Labute approximate surface area is 291 Å². The molecule has 0 heterocycles. The van der Waals surface area contributed by atoms with Gasteiger partial charge in [0, 0.05) is 17.5 Å². The Bertz CT molecular complexity index is 928. The van der Waals surface area contributed by atoms with E-state index in [0.29, 0.717) is 25.6 Å². The van der Waals surface area contributed by atoms with Gasteiger partial charge in [-0.2, -0.15) is 0 Å². The van der Waals surface area contributed by atoms with Crippen LogP contribution in [0.4, 0.5) is 0 Å². The number of rotatable bonds is 24. The summed E-state index contributed by atoms with van der Waals surface area (Å²) in [6, 6.07) is 4.50. The Kier molecular flexibility index (Phi) is 20.3. The zero-order valence-corrected chi connectivity index (χ0v) is 32.4. The standard InChI is InChI=1S/C43H76O4/c1-9-10-11-12-13-14-15-16-17-18-19-20-21-22-23-27-32-45-40(44)31-30-36-33-38(42(3,4)5)41(39(34-36)43(6,7)8)47-35(2)46-37-28-25-24-26-29-37/h33-35,37H,9-32H2,1-8H3. The van der Waals surface area contributed by atoms with E-state index in [1.807, 2.05) is 6.92 Å². The second-order valence-electron chi connectivity index (χ2n) is 16.6. The molecule has 1 aromatic carbocycles. The number of hydrogen-bond donors (Lipinski definition) is 0. The fourth-order valence-electron chi connectivity index (χ4n) is 6.89. The van der Waals surface area contributed by atoms with Crippen LogP contribution in [0.15, 0.2) is 12.1 Å². The maximum atomic E-state index is 12.7. The zero-order chi connectivity index (χ0) is 34.5. The van der Waals surface area contributed by atoms with Gasteiger partial charge in [-0.3, -0.25) is 4.79 Å². The summed E-state index contributed by atoms with van der Waals surface area (Å²) in [4.78, 5) is 12.7. The molecular formula is C43H76O4. The van der Waals surface area contributed by atoms with Crippen LogP contribution in [0.1, 0.15) is 213 Å². The summed E-state index contributed by atoms with van der Waals surface area (Å²) in [5.74, 6) is 0.860. The molecule has 0 radical (unpaired) electrons. The molecule has 2 rings (SSSR count). The molecule has 1 aliphatic carbocycles. The number of carbonyl (C=O) groups is 1. The summed E-state index contributed by atoms with van der Waals surface area (Å²) in [7, 11) is 0. The molecule has 0 aliphatic heterocycles. The Morgan fingerprint density at radius 2 is 1.15 bits per heavy atom. The first-order valence-corrected chi connectivity index (χ1v) is 20.1. The van der Waals surface area contributed by atoms with Gasteiger partial charge in [-0.15, -0.1) is 0 Å². The summed E-state index contributed by atoms with van der Waals surface area (Å²) in [5.41, 5.74) is 3.32. The van der Waals surface area contributed by atoms with Gasteiger partial charge in [0.15, 0.2) is 6.29 Å². The first-order chi connectivity index (χ1) is 22.4. The fourth-order valence-corrected chi connectivity index (χ4v) is 6.89. The van der Waals surface area contributed by atoms with E-state index in [4.69, 9.17) is 14.2 Å². The van der Waals surface area contributed by atoms with Crippen molar-refractivity contribution >= 4 is 5.97 Å². The van der Waals surface area contributed by atoms with Gasteiger partial charge < -0.3 is 14.2 Å². The van der Waals surface area contributed by atoms with Crippen LogP contribution in [-0.2, 0) is 31.5 Å². The highest BCUT2D eigenvalue weighted by molar-refractivity contribution is 5.69. The van der Waals surface area contributed by atoms with E-state index in [9.17, 15) is 4.79 Å². The summed E-state index contributed by atoms with van der Waals surface area (Å²) >= 11 is 0. The molecule has 1 unspecified atom stereocenters. The van der Waals surface area contributed by atoms with Crippen LogP contribution in [0, 0.1) is 0 Å². The van der Waals surface area contributed by atoms with Crippen molar-refractivity contribution in [1.82, 2.24) is 0 Å². The summed E-state index contributed by atoms with van der Waals surface area (Å²) in [5, 5.41) is 0. The van der Waals surface area contributed by atoms with Crippen LogP contribution >= 0.6 is 0 Å². The SMILES string of the molecule is CCCCCCCCCCCCCCCCCCOC(=O)CCc1cc(C(C)(C)C)c(OC(C)OC2CCCCC2)c(C(C)(C)C)c1. The highest BCUT2D eigenvalue weighted by atomic mass is 16.7. The van der Waals surface area contributed by atoms with Gasteiger partial charge in [0.1, 0.15) is 5.75 Å².